The van der Waals surface area contributed by atoms with Crippen LogP contribution in [0.15, 0.2) is 36.4 Å². The first-order valence-corrected chi connectivity index (χ1v) is 5.43. The molecule has 0 bridgehead atoms. The Balaban J connectivity index is 2.25. The van der Waals surface area contributed by atoms with E-state index in [1.165, 1.54) is 12.1 Å². The summed E-state index contributed by atoms with van der Waals surface area (Å²) in [5.41, 5.74) is 1.06. The Hall–Kier alpha value is -1.48. The van der Waals surface area contributed by atoms with E-state index < -0.39 is 5.82 Å². The van der Waals surface area contributed by atoms with Crippen LogP contribution in [0, 0.1) is 12.7 Å². The van der Waals surface area contributed by atoms with Gasteiger partial charge in [-0.15, -0.1) is 0 Å². The van der Waals surface area contributed by atoms with Gasteiger partial charge in [0, 0.05) is 11.1 Å². The third-order valence-electron chi connectivity index (χ3n) is 2.35. The predicted molar refractivity (Wildman–Crippen MR) is 68.1 cm³/mol. The Labute approximate surface area is 106 Å². The van der Waals surface area contributed by atoms with Gasteiger partial charge in [-0.05, 0) is 30.7 Å². The van der Waals surface area contributed by atoms with Crippen LogP contribution >= 0.6 is 11.6 Å². The maximum atomic E-state index is 13.2. The van der Waals surface area contributed by atoms with Crippen molar-refractivity contribution in [2.75, 3.05) is 0 Å². The number of ether oxygens (including phenoxy) is 1. The maximum Gasteiger partial charge on any atom is 0.130 e. The van der Waals surface area contributed by atoms with Crippen molar-refractivity contribution in [3.05, 3.63) is 52.8 Å². The molecule has 0 unspecified atom stereocenters. The minimum absolute atomic E-state index is 0.0966. The molecule has 0 aromatic heterocycles. The molecule has 17 heavy (non-hydrogen) atoms. The van der Waals surface area contributed by atoms with Gasteiger partial charge in [0.25, 0.3) is 0 Å². The van der Waals surface area contributed by atoms with Crippen molar-refractivity contribution in [3.8, 4) is 11.5 Å². The molecule has 0 N–H and O–H groups in total. The van der Waals surface area contributed by atoms with Gasteiger partial charge in [-0.2, -0.15) is 0 Å². The summed E-state index contributed by atoms with van der Waals surface area (Å²) in [4.78, 5) is 0. The molecule has 0 saturated heterocycles. The average Bonchev–Trinajstić information content (AvgIpc) is 2.29. The lowest BCUT2D eigenvalue weighted by molar-refractivity contribution is 0.477. The van der Waals surface area contributed by atoms with Crippen molar-refractivity contribution in [1.82, 2.24) is 0 Å². The Bertz CT molecular complexity index is 508. The lowest BCUT2D eigenvalue weighted by atomic mass is 9.96. The number of aryl methyl sites for hydroxylation is 1. The summed E-state index contributed by atoms with van der Waals surface area (Å²) in [5.74, 6) is 0.446. The molecule has 2 aromatic carbocycles. The minimum Gasteiger partial charge on any atom is -0.457 e. The number of halogens is 2. The molecule has 2 rings (SSSR count). The van der Waals surface area contributed by atoms with Crippen molar-refractivity contribution in [2.45, 2.75) is 6.92 Å². The number of hydrogen-bond donors (Lipinski definition) is 0. The van der Waals surface area contributed by atoms with E-state index in [4.69, 9.17) is 24.2 Å². The second kappa shape index (κ2) is 4.80. The normalized spacial score (nSPS) is 10.3. The molecule has 0 saturated carbocycles. The van der Waals surface area contributed by atoms with E-state index in [0.29, 0.717) is 16.5 Å². The van der Waals surface area contributed by atoms with Gasteiger partial charge >= 0.3 is 0 Å². The molecular formula is C13H9BClFO. The molecule has 0 fully saturated rings. The van der Waals surface area contributed by atoms with Gasteiger partial charge in [0.1, 0.15) is 25.2 Å². The molecule has 0 aliphatic heterocycles. The van der Waals surface area contributed by atoms with E-state index in [-0.39, 0.29) is 5.46 Å². The number of benzene rings is 2. The highest BCUT2D eigenvalue weighted by molar-refractivity contribution is 6.32. The SMILES string of the molecule is [B]c1ccc(Oc2ccc(C)c(Cl)c2)cc1F. The summed E-state index contributed by atoms with van der Waals surface area (Å²) in [6, 6.07) is 9.60. The number of hydrogen-bond acceptors (Lipinski definition) is 1. The molecule has 0 atom stereocenters. The van der Waals surface area contributed by atoms with Crippen LogP contribution in [-0.2, 0) is 0 Å². The molecule has 0 amide bonds. The Morgan fingerprint density at radius 2 is 1.76 bits per heavy atom. The van der Waals surface area contributed by atoms with Crippen molar-refractivity contribution >= 4 is 24.9 Å². The van der Waals surface area contributed by atoms with Crippen molar-refractivity contribution < 1.29 is 9.13 Å². The Kier molecular flexibility index (Phi) is 3.39. The van der Waals surface area contributed by atoms with E-state index in [9.17, 15) is 4.39 Å². The highest BCUT2D eigenvalue weighted by Crippen LogP contribution is 2.26. The van der Waals surface area contributed by atoms with E-state index in [1.54, 1.807) is 18.2 Å². The topological polar surface area (TPSA) is 9.23 Å². The lowest BCUT2D eigenvalue weighted by Crippen LogP contribution is -2.07. The quantitative estimate of drug-likeness (QED) is 0.738. The van der Waals surface area contributed by atoms with Crippen LogP contribution < -0.4 is 10.2 Å². The van der Waals surface area contributed by atoms with Crippen molar-refractivity contribution in [1.29, 1.82) is 0 Å². The van der Waals surface area contributed by atoms with Gasteiger partial charge in [0.05, 0.1) is 0 Å². The van der Waals surface area contributed by atoms with Crippen LogP contribution in [0.25, 0.3) is 0 Å². The number of rotatable bonds is 2. The standard InChI is InChI=1S/C13H9BClFO/c1-8-2-3-9(6-12(8)15)17-10-4-5-11(14)13(16)7-10/h2-7H,1H3. The second-order valence-electron chi connectivity index (χ2n) is 3.70. The zero-order valence-corrected chi connectivity index (χ0v) is 9.96. The fourth-order valence-electron chi connectivity index (χ4n) is 1.34. The van der Waals surface area contributed by atoms with Crippen LogP contribution in [-0.4, -0.2) is 7.85 Å². The van der Waals surface area contributed by atoms with E-state index in [2.05, 4.69) is 0 Å². The molecule has 1 nitrogen and oxygen atoms in total. The maximum absolute atomic E-state index is 13.2. The van der Waals surface area contributed by atoms with Crippen LogP contribution in [0.1, 0.15) is 5.56 Å². The molecule has 0 aliphatic rings. The van der Waals surface area contributed by atoms with Crippen LogP contribution in [0.2, 0.25) is 5.02 Å². The van der Waals surface area contributed by atoms with Gasteiger partial charge in [0.2, 0.25) is 0 Å². The van der Waals surface area contributed by atoms with Gasteiger partial charge in [0.15, 0.2) is 0 Å². The lowest BCUT2D eigenvalue weighted by Gasteiger charge is -2.08. The molecule has 2 radical (unpaired) electrons. The molecule has 84 valence electrons. The van der Waals surface area contributed by atoms with Crippen LogP contribution in [0.4, 0.5) is 4.39 Å². The first-order chi connectivity index (χ1) is 8.06. The fourth-order valence-corrected chi connectivity index (χ4v) is 1.52. The zero-order valence-electron chi connectivity index (χ0n) is 9.21. The summed E-state index contributed by atoms with van der Waals surface area (Å²) in [6.45, 7) is 1.90. The Morgan fingerprint density at radius 1 is 1.12 bits per heavy atom. The molecule has 2 aromatic rings. The summed E-state index contributed by atoms with van der Waals surface area (Å²) in [7, 11) is 5.37. The zero-order chi connectivity index (χ0) is 12.4. The minimum atomic E-state index is -0.499. The van der Waals surface area contributed by atoms with Crippen molar-refractivity contribution in [3.63, 3.8) is 0 Å². The van der Waals surface area contributed by atoms with Gasteiger partial charge in [-0.3, -0.25) is 0 Å². The Morgan fingerprint density at radius 3 is 2.41 bits per heavy atom. The van der Waals surface area contributed by atoms with Crippen LogP contribution in [0.5, 0.6) is 11.5 Å². The third-order valence-corrected chi connectivity index (χ3v) is 2.76. The smallest absolute Gasteiger partial charge is 0.130 e. The predicted octanol–water partition coefficient (Wildman–Crippen LogP) is 3.37. The van der Waals surface area contributed by atoms with Gasteiger partial charge in [-0.25, -0.2) is 4.39 Å². The third kappa shape index (κ3) is 2.80. The molecule has 0 aliphatic carbocycles. The van der Waals surface area contributed by atoms with Gasteiger partial charge in [-0.1, -0.05) is 29.2 Å². The highest BCUT2D eigenvalue weighted by atomic mass is 35.5. The molecule has 0 spiro atoms. The molecule has 4 heteroatoms. The van der Waals surface area contributed by atoms with E-state index >= 15 is 0 Å². The molecule has 0 heterocycles. The molecular weight excluding hydrogens is 237 g/mol. The van der Waals surface area contributed by atoms with E-state index in [0.717, 1.165) is 5.56 Å². The van der Waals surface area contributed by atoms with Gasteiger partial charge < -0.3 is 4.74 Å². The summed E-state index contributed by atoms with van der Waals surface area (Å²) in [5, 5.41) is 0.610. The second-order valence-corrected chi connectivity index (χ2v) is 4.10. The first-order valence-electron chi connectivity index (χ1n) is 5.05. The summed E-state index contributed by atoms with van der Waals surface area (Å²) < 4.78 is 18.7. The monoisotopic (exact) mass is 246 g/mol. The van der Waals surface area contributed by atoms with Crippen LogP contribution in [0.3, 0.4) is 0 Å². The summed E-state index contributed by atoms with van der Waals surface area (Å²) >= 11 is 5.96. The van der Waals surface area contributed by atoms with E-state index in [1.807, 2.05) is 13.0 Å². The first kappa shape index (κ1) is 12.0. The summed E-state index contributed by atoms with van der Waals surface area (Å²) in [6.07, 6.45) is 0. The average molecular weight is 246 g/mol. The fraction of sp³-hybridized carbons (Fsp3) is 0.0769. The van der Waals surface area contributed by atoms with Crippen molar-refractivity contribution in [2.24, 2.45) is 0 Å². The largest absolute Gasteiger partial charge is 0.457 e. The highest BCUT2D eigenvalue weighted by Gasteiger charge is 2.03.